The standard InChI is InChI=1S/C24H29N5O/c1-17-21(15-26-28(17)2)16-29-13-11-19(12-14-29)18-7-9-20(10-8-18)24(30)27-23-6-4-3-5-22(23)25/h3-10,15,19H,11-14,16,25H2,1-2H3,(H,27,30). The third kappa shape index (κ3) is 4.39. The highest BCUT2D eigenvalue weighted by molar-refractivity contribution is 6.05. The number of hydrogen-bond acceptors (Lipinski definition) is 4. The first-order valence-corrected chi connectivity index (χ1v) is 10.5. The molecule has 6 heteroatoms. The summed E-state index contributed by atoms with van der Waals surface area (Å²) in [5.41, 5.74) is 11.6. The molecule has 2 heterocycles. The van der Waals surface area contributed by atoms with E-state index in [-0.39, 0.29) is 5.91 Å². The molecule has 0 radical (unpaired) electrons. The maximum absolute atomic E-state index is 12.5. The average molecular weight is 404 g/mol. The predicted octanol–water partition coefficient (Wildman–Crippen LogP) is 3.94. The summed E-state index contributed by atoms with van der Waals surface area (Å²) in [6, 6.07) is 15.3. The van der Waals surface area contributed by atoms with Crippen LogP contribution < -0.4 is 11.1 Å². The number of nitrogens with one attached hydrogen (secondary N) is 1. The van der Waals surface area contributed by atoms with Gasteiger partial charge in [-0.25, -0.2) is 0 Å². The summed E-state index contributed by atoms with van der Waals surface area (Å²) in [4.78, 5) is 15.0. The Bertz CT molecular complexity index is 1020. The molecule has 0 aliphatic carbocycles. The number of piperidine rings is 1. The largest absolute Gasteiger partial charge is 0.397 e. The van der Waals surface area contributed by atoms with E-state index in [1.54, 1.807) is 6.07 Å². The highest BCUT2D eigenvalue weighted by Crippen LogP contribution is 2.29. The number of likely N-dealkylation sites (tertiary alicyclic amines) is 1. The average Bonchev–Trinajstić information content (AvgIpc) is 3.08. The van der Waals surface area contributed by atoms with Gasteiger partial charge in [-0.3, -0.25) is 14.4 Å². The van der Waals surface area contributed by atoms with Crippen molar-refractivity contribution in [3.05, 3.63) is 77.1 Å². The van der Waals surface area contributed by atoms with Crippen LogP contribution in [0.25, 0.3) is 0 Å². The molecular formula is C24H29N5O. The molecular weight excluding hydrogens is 374 g/mol. The Kier molecular flexibility index (Phi) is 5.86. The highest BCUT2D eigenvalue weighted by atomic mass is 16.1. The van der Waals surface area contributed by atoms with E-state index in [0.717, 1.165) is 32.5 Å². The molecule has 0 saturated carbocycles. The molecule has 6 nitrogen and oxygen atoms in total. The van der Waals surface area contributed by atoms with Crippen molar-refractivity contribution >= 4 is 17.3 Å². The fourth-order valence-corrected chi connectivity index (χ4v) is 4.08. The van der Waals surface area contributed by atoms with Crippen molar-refractivity contribution in [1.82, 2.24) is 14.7 Å². The minimum atomic E-state index is -0.138. The summed E-state index contributed by atoms with van der Waals surface area (Å²) < 4.78 is 1.94. The molecule has 4 rings (SSSR count). The van der Waals surface area contributed by atoms with Crippen LogP contribution >= 0.6 is 0 Å². The van der Waals surface area contributed by atoms with Gasteiger partial charge in [0.15, 0.2) is 0 Å². The van der Waals surface area contributed by atoms with Crippen LogP contribution in [0.5, 0.6) is 0 Å². The Morgan fingerprint density at radius 3 is 2.47 bits per heavy atom. The second-order valence-corrected chi connectivity index (χ2v) is 8.09. The Hall–Kier alpha value is -3.12. The summed E-state index contributed by atoms with van der Waals surface area (Å²) in [6.45, 7) is 5.25. The van der Waals surface area contributed by atoms with Crippen molar-refractivity contribution < 1.29 is 4.79 Å². The molecule has 1 aliphatic rings. The second-order valence-electron chi connectivity index (χ2n) is 8.09. The zero-order valence-corrected chi connectivity index (χ0v) is 17.6. The van der Waals surface area contributed by atoms with Crippen LogP contribution in [0.2, 0.25) is 0 Å². The fourth-order valence-electron chi connectivity index (χ4n) is 4.08. The molecule has 1 amide bonds. The summed E-state index contributed by atoms with van der Waals surface area (Å²) in [6.07, 6.45) is 4.24. The minimum absolute atomic E-state index is 0.138. The number of anilines is 2. The third-order valence-electron chi connectivity index (χ3n) is 6.17. The van der Waals surface area contributed by atoms with Crippen LogP contribution in [0.4, 0.5) is 11.4 Å². The van der Waals surface area contributed by atoms with Crippen LogP contribution in [0.15, 0.2) is 54.7 Å². The topological polar surface area (TPSA) is 76.2 Å². The molecule has 156 valence electrons. The molecule has 30 heavy (non-hydrogen) atoms. The van der Waals surface area contributed by atoms with E-state index in [0.29, 0.717) is 22.9 Å². The molecule has 2 aromatic carbocycles. The number of carbonyl (C=O) groups is 1. The van der Waals surface area contributed by atoms with Gasteiger partial charge in [0.1, 0.15) is 0 Å². The number of nitrogens with zero attached hydrogens (tertiary/aromatic N) is 3. The number of nitrogens with two attached hydrogens (primary N) is 1. The van der Waals surface area contributed by atoms with Crippen molar-refractivity contribution in [1.29, 1.82) is 0 Å². The minimum Gasteiger partial charge on any atom is -0.397 e. The van der Waals surface area contributed by atoms with Crippen LogP contribution in [0.3, 0.4) is 0 Å². The first-order chi connectivity index (χ1) is 14.5. The smallest absolute Gasteiger partial charge is 0.255 e. The molecule has 1 aromatic heterocycles. The van der Waals surface area contributed by atoms with E-state index in [1.165, 1.54) is 16.8 Å². The first-order valence-electron chi connectivity index (χ1n) is 10.5. The van der Waals surface area contributed by atoms with Gasteiger partial charge in [-0.05, 0) is 68.6 Å². The van der Waals surface area contributed by atoms with E-state index in [2.05, 4.69) is 34.4 Å². The maximum atomic E-state index is 12.5. The van der Waals surface area contributed by atoms with Crippen molar-refractivity contribution in [2.75, 3.05) is 24.1 Å². The summed E-state index contributed by atoms with van der Waals surface area (Å²) in [7, 11) is 1.99. The zero-order chi connectivity index (χ0) is 21.1. The number of carbonyl (C=O) groups excluding carboxylic acids is 1. The first kappa shape index (κ1) is 20.2. The lowest BCUT2D eigenvalue weighted by atomic mass is 9.89. The van der Waals surface area contributed by atoms with E-state index >= 15 is 0 Å². The Balaban J connectivity index is 1.33. The van der Waals surface area contributed by atoms with Gasteiger partial charge in [0, 0.05) is 30.4 Å². The van der Waals surface area contributed by atoms with Crippen molar-refractivity contribution in [3.63, 3.8) is 0 Å². The van der Waals surface area contributed by atoms with E-state index in [1.807, 2.05) is 48.3 Å². The van der Waals surface area contributed by atoms with Gasteiger partial charge in [0.2, 0.25) is 0 Å². The summed E-state index contributed by atoms with van der Waals surface area (Å²) >= 11 is 0. The van der Waals surface area contributed by atoms with Crippen LogP contribution in [-0.4, -0.2) is 33.7 Å². The number of nitrogen functional groups attached to an aromatic ring is 1. The molecule has 3 N–H and O–H groups in total. The van der Waals surface area contributed by atoms with Crippen LogP contribution in [-0.2, 0) is 13.6 Å². The van der Waals surface area contributed by atoms with Crippen molar-refractivity contribution in [3.8, 4) is 0 Å². The Morgan fingerprint density at radius 2 is 1.83 bits per heavy atom. The van der Waals surface area contributed by atoms with Gasteiger partial charge >= 0.3 is 0 Å². The number of amides is 1. The number of hydrogen-bond donors (Lipinski definition) is 2. The van der Waals surface area contributed by atoms with E-state index in [9.17, 15) is 4.79 Å². The van der Waals surface area contributed by atoms with Crippen LogP contribution in [0, 0.1) is 6.92 Å². The van der Waals surface area contributed by atoms with Crippen molar-refractivity contribution in [2.45, 2.75) is 32.2 Å². The number of rotatable bonds is 5. The molecule has 0 unspecified atom stereocenters. The molecule has 1 aliphatic heterocycles. The molecule has 0 atom stereocenters. The quantitative estimate of drug-likeness (QED) is 0.633. The molecule has 1 fully saturated rings. The van der Waals surface area contributed by atoms with Crippen LogP contribution in [0.1, 0.15) is 45.9 Å². The number of benzene rings is 2. The third-order valence-corrected chi connectivity index (χ3v) is 6.17. The lowest BCUT2D eigenvalue weighted by molar-refractivity contribution is 0.102. The second kappa shape index (κ2) is 8.71. The van der Waals surface area contributed by atoms with Gasteiger partial charge in [0.25, 0.3) is 5.91 Å². The molecule has 3 aromatic rings. The van der Waals surface area contributed by atoms with Gasteiger partial charge in [-0.1, -0.05) is 24.3 Å². The lowest BCUT2D eigenvalue weighted by Crippen LogP contribution is -2.32. The Morgan fingerprint density at radius 1 is 1.13 bits per heavy atom. The van der Waals surface area contributed by atoms with E-state index in [4.69, 9.17) is 5.73 Å². The maximum Gasteiger partial charge on any atom is 0.255 e. The number of aromatic nitrogens is 2. The van der Waals surface area contributed by atoms with Gasteiger partial charge in [-0.2, -0.15) is 5.10 Å². The monoisotopic (exact) mass is 403 g/mol. The molecule has 0 spiro atoms. The summed E-state index contributed by atoms with van der Waals surface area (Å²) in [5.74, 6) is 0.402. The van der Waals surface area contributed by atoms with Crippen molar-refractivity contribution in [2.24, 2.45) is 7.05 Å². The number of aryl methyl sites for hydroxylation is 1. The van der Waals surface area contributed by atoms with Gasteiger partial charge in [0.05, 0.1) is 17.6 Å². The van der Waals surface area contributed by atoms with Gasteiger partial charge < -0.3 is 11.1 Å². The predicted molar refractivity (Wildman–Crippen MR) is 120 cm³/mol. The SMILES string of the molecule is Cc1c(CN2CCC(c3ccc(C(=O)Nc4ccccc4N)cc3)CC2)cnn1C. The Labute approximate surface area is 177 Å². The van der Waals surface area contributed by atoms with Gasteiger partial charge in [-0.15, -0.1) is 0 Å². The number of para-hydroxylation sites is 2. The highest BCUT2D eigenvalue weighted by Gasteiger charge is 2.22. The molecule has 1 saturated heterocycles. The molecule has 0 bridgehead atoms. The zero-order valence-electron chi connectivity index (χ0n) is 17.6. The normalized spacial score (nSPS) is 15.3. The fraction of sp³-hybridized carbons (Fsp3) is 0.333. The van der Waals surface area contributed by atoms with E-state index < -0.39 is 0 Å². The summed E-state index contributed by atoms with van der Waals surface area (Å²) in [5, 5.41) is 7.23. The lowest BCUT2D eigenvalue weighted by Gasteiger charge is -2.32.